The average molecular weight is 260 g/mol. The molecule has 2 heterocycles. The molecular formula is C8H10BrN3S. The first kappa shape index (κ1) is 9.27. The molecule has 1 atom stereocenters. The largest absolute Gasteiger partial charge is 0.381 e. The van der Waals surface area contributed by atoms with Gasteiger partial charge in [-0.15, -0.1) is 5.10 Å². The fourth-order valence-electron chi connectivity index (χ4n) is 1.36. The van der Waals surface area contributed by atoms with Crippen LogP contribution < -0.4 is 5.73 Å². The van der Waals surface area contributed by atoms with Crippen LogP contribution in [0.4, 0.5) is 5.82 Å². The molecule has 0 aromatic carbocycles. The van der Waals surface area contributed by atoms with Crippen LogP contribution in [0, 0.1) is 0 Å². The van der Waals surface area contributed by atoms with Gasteiger partial charge in [-0.05, 0) is 34.2 Å². The summed E-state index contributed by atoms with van der Waals surface area (Å²) in [5.74, 6) is 3.42. The van der Waals surface area contributed by atoms with E-state index in [1.54, 1.807) is 0 Å². The molecule has 1 aliphatic heterocycles. The van der Waals surface area contributed by atoms with Crippen LogP contribution >= 0.6 is 27.7 Å². The van der Waals surface area contributed by atoms with Crippen molar-refractivity contribution in [3.05, 3.63) is 16.2 Å². The van der Waals surface area contributed by atoms with Crippen LogP contribution in [0.2, 0.25) is 0 Å². The number of nitrogen functional groups attached to an aromatic ring is 1. The number of aromatic nitrogens is 2. The van der Waals surface area contributed by atoms with Crippen LogP contribution in [0.25, 0.3) is 0 Å². The predicted octanol–water partition coefficient (Wildman–Crippen LogP) is 2.04. The van der Waals surface area contributed by atoms with Crippen LogP contribution in [0.1, 0.15) is 18.0 Å². The Kier molecular flexibility index (Phi) is 2.74. The summed E-state index contributed by atoms with van der Waals surface area (Å²) in [5.41, 5.74) is 6.62. The molecule has 70 valence electrons. The minimum Gasteiger partial charge on any atom is -0.381 e. The number of hydrogen-bond acceptors (Lipinski definition) is 4. The molecule has 3 nitrogen and oxygen atoms in total. The van der Waals surface area contributed by atoms with E-state index in [0.29, 0.717) is 11.7 Å². The lowest BCUT2D eigenvalue weighted by atomic mass is 10.1. The van der Waals surface area contributed by atoms with Gasteiger partial charge in [0.1, 0.15) is 0 Å². The molecule has 0 amide bonds. The Morgan fingerprint density at radius 1 is 1.54 bits per heavy atom. The second-order valence-corrected chi connectivity index (χ2v) is 5.07. The maximum atomic E-state index is 5.56. The molecule has 0 bridgehead atoms. The highest BCUT2D eigenvalue weighted by atomic mass is 79.9. The lowest BCUT2D eigenvalue weighted by Crippen LogP contribution is -2.03. The van der Waals surface area contributed by atoms with Gasteiger partial charge in [-0.1, -0.05) is 0 Å². The van der Waals surface area contributed by atoms with E-state index in [0.717, 1.165) is 15.9 Å². The van der Waals surface area contributed by atoms with Crippen molar-refractivity contribution in [2.75, 3.05) is 17.2 Å². The first-order valence-electron chi connectivity index (χ1n) is 4.13. The average Bonchev–Trinajstić information content (AvgIpc) is 2.62. The number of rotatable bonds is 1. The number of nitrogens with zero attached hydrogens (tertiary/aromatic N) is 2. The monoisotopic (exact) mass is 259 g/mol. The van der Waals surface area contributed by atoms with E-state index in [2.05, 4.69) is 26.1 Å². The molecule has 0 aliphatic carbocycles. The molecule has 1 fully saturated rings. The zero-order chi connectivity index (χ0) is 9.26. The van der Waals surface area contributed by atoms with Crippen LogP contribution in [-0.2, 0) is 0 Å². The maximum Gasteiger partial charge on any atom is 0.160 e. The Labute approximate surface area is 89.6 Å². The minimum atomic E-state index is 0.467. The summed E-state index contributed by atoms with van der Waals surface area (Å²) in [6.07, 6.45) is 1.20. The van der Waals surface area contributed by atoms with Crippen LogP contribution in [0.3, 0.4) is 0 Å². The molecule has 0 spiro atoms. The normalized spacial score (nSPS) is 22.1. The van der Waals surface area contributed by atoms with Gasteiger partial charge in [-0.3, -0.25) is 0 Å². The van der Waals surface area contributed by atoms with Crippen molar-refractivity contribution in [2.24, 2.45) is 0 Å². The first-order valence-corrected chi connectivity index (χ1v) is 6.08. The predicted molar refractivity (Wildman–Crippen MR) is 58.8 cm³/mol. The highest BCUT2D eigenvalue weighted by Gasteiger charge is 2.19. The van der Waals surface area contributed by atoms with Gasteiger partial charge in [0.05, 0.1) is 10.2 Å². The minimum absolute atomic E-state index is 0.467. The molecule has 0 saturated carbocycles. The van der Waals surface area contributed by atoms with Crippen molar-refractivity contribution < 1.29 is 0 Å². The van der Waals surface area contributed by atoms with Crippen LogP contribution in [-0.4, -0.2) is 21.7 Å². The van der Waals surface area contributed by atoms with Gasteiger partial charge in [-0.2, -0.15) is 16.9 Å². The Bertz CT molecular complexity index is 312. The Hall–Kier alpha value is -0.290. The van der Waals surface area contributed by atoms with E-state index in [1.165, 1.54) is 12.2 Å². The lowest BCUT2D eigenvalue weighted by molar-refractivity contribution is 0.729. The number of thioether (sulfide) groups is 1. The number of hydrogen-bond donors (Lipinski definition) is 1. The maximum absolute atomic E-state index is 5.56. The highest BCUT2D eigenvalue weighted by Crippen LogP contribution is 2.32. The van der Waals surface area contributed by atoms with Gasteiger partial charge < -0.3 is 5.73 Å². The Morgan fingerprint density at radius 3 is 3.00 bits per heavy atom. The van der Waals surface area contributed by atoms with Crippen molar-refractivity contribution in [2.45, 2.75) is 12.3 Å². The Balaban J connectivity index is 2.25. The van der Waals surface area contributed by atoms with Crippen molar-refractivity contribution in [3.63, 3.8) is 0 Å². The topological polar surface area (TPSA) is 51.8 Å². The SMILES string of the molecule is Nc1nnc(C2CCSC2)cc1Br. The van der Waals surface area contributed by atoms with E-state index in [-0.39, 0.29) is 0 Å². The van der Waals surface area contributed by atoms with E-state index in [9.17, 15) is 0 Å². The van der Waals surface area contributed by atoms with Crippen LogP contribution in [0.5, 0.6) is 0 Å². The molecule has 5 heteroatoms. The smallest absolute Gasteiger partial charge is 0.160 e. The van der Waals surface area contributed by atoms with Crippen molar-refractivity contribution in [1.29, 1.82) is 0 Å². The van der Waals surface area contributed by atoms with Gasteiger partial charge >= 0.3 is 0 Å². The Morgan fingerprint density at radius 2 is 2.38 bits per heavy atom. The molecule has 0 radical (unpaired) electrons. The molecule has 1 unspecified atom stereocenters. The molecule has 1 aromatic rings. The summed E-state index contributed by atoms with van der Waals surface area (Å²) in [7, 11) is 0. The van der Waals surface area contributed by atoms with E-state index >= 15 is 0 Å². The third-order valence-electron chi connectivity index (χ3n) is 2.14. The molecule has 1 aromatic heterocycles. The van der Waals surface area contributed by atoms with Gasteiger partial charge in [-0.25, -0.2) is 0 Å². The summed E-state index contributed by atoms with van der Waals surface area (Å²) < 4.78 is 0.856. The summed E-state index contributed by atoms with van der Waals surface area (Å²) in [6.45, 7) is 0. The van der Waals surface area contributed by atoms with Gasteiger partial charge in [0.15, 0.2) is 5.82 Å². The number of anilines is 1. The quantitative estimate of drug-likeness (QED) is 0.839. The highest BCUT2D eigenvalue weighted by molar-refractivity contribution is 9.10. The molecule has 1 saturated heterocycles. The van der Waals surface area contributed by atoms with Crippen LogP contribution in [0.15, 0.2) is 10.5 Å². The first-order chi connectivity index (χ1) is 6.27. The van der Waals surface area contributed by atoms with Gasteiger partial charge in [0.2, 0.25) is 0 Å². The van der Waals surface area contributed by atoms with Crippen molar-refractivity contribution in [1.82, 2.24) is 10.2 Å². The van der Waals surface area contributed by atoms with E-state index < -0.39 is 0 Å². The van der Waals surface area contributed by atoms with Gasteiger partial charge in [0.25, 0.3) is 0 Å². The lowest BCUT2D eigenvalue weighted by Gasteiger charge is -2.07. The zero-order valence-corrected chi connectivity index (χ0v) is 9.44. The third kappa shape index (κ3) is 1.96. The fourth-order valence-corrected chi connectivity index (χ4v) is 2.91. The molecular weight excluding hydrogens is 250 g/mol. The zero-order valence-electron chi connectivity index (χ0n) is 7.03. The second kappa shape index (κ2) is 3.84. The van der Waals surface area contributed by atoms with Crippen molar-refractivity contribution in [3.8, 4) is 0 Å². The standard InChI is InChI=1S/C8H10BrN3S/c9-6-3-7(11-12-8(6)10)5-1-2-13-4-5/h3,5H,1-2,4H2,(H2,10,12). The van der Waals surface area contributed by atoms with Gasteiger partial charge in [0, 0.05) is 11.7 Å². The summed E-state index contributed by atoms with van der Waals surface area (Å²) in [6, 6.07) is 1.98. The molecule has 1 aliphatic rings. The molecule has 2 rings (SSSR count). The number of halogens is 1. The third-order valence-corrected chi connectivity index (χ3v) is 3.94. The summed E-state index contributed by atoms with van der Waals surface area (Å²) in [4.78, 5) is 0. The van der Waals surface area contributed by atoms with E-state index in [1.807, 2.05) is 17.8 Å². The number of nitrogens with two attached hydrogens (primary N) is 1. The second-order valence-electron chi connectivity index (χ2n) is 3.06. The van der Waals surface area contributed by atoms with E-state index in [4.69, 9.17) is 5.73 Å². The summed E-state index contributed by atoms with van der Waals surface area (Å²) in [5, 5.41) is 8.00. The van der Waals surface area contributed by atoms with Crippen molar-refractivity contribution >= 4 is 33.5 Å². The summed E-state index contributed by atoms with van der Waals surface area (Å²) >= 11 is 5.33. The molecule has 2 N–H and O–H groups in total. The fraction of sp³-hybridized carbons (Fsp3) is 0.500. The molecule has 13 heavy (non-hydrogen) atoms.